The summed E-state index contributed by atoms with van der Waals surface area (Å²) in [5.74, 6) is 4.23. The summed E-state index contributed by atoms with van der Waals surface area (Å²) >= 11 is 0. The molecule has 0 saturated carbocycles. The van der Waals surface area contributed by atoms with Gasteiger partial charge in [0, 0.05) is 13.8 Å². The molecule has 0 spiro atoms. The first-order valence-electron chi connectivity index (χ1n) is 3.73. The van der Waals surface area contributed by atoms with E-state index in [0.717, 1.165) is 0 Å². The predicted octanol–water partition coefficient (Wildman–Crippen LogP) is 0.820. The van der Waals surface area contributed by atoms with Crippen LogP contribution in [0.3, 0.4) is 0 Å². The molecule has 2 unspecified atom stereocenters. The molecule has 0 bridgehead atoms. The van der Waals surface area contributed by atoms with Gasteiger partial charge in [0.15, 0.2) is 0 Å². The molecule has 1 N–H and O–H groups in total. The SMILES string of the molecule is CC#CC(CS(=O)(=O)O)P(C)(=O)OC. The highest BCUT2D eigenvalue weighted by Crippen LogP contribution is 2.47. The molecule has 0 rings (SSSR count). The third kappa shape index (κ3) is 4.77. The molecule has 0 aliphatic rings. The zero-order valence-electron chi connectivity index (χ0n) is 8.22. The van der Waals surface area contributed by atoms with E-state index in [1.54, 1.807) is 0 Å². The van der Waals surface area contributed by atoms with Crippen molar-refractivity contribution >= 4 is 17.5 Å². The lowest BCUT2D eigenvalue weighted by Gasteiger charge is -2.16. The smallest absolute Gasteiger partial charge is 0.266 e. The van der Waals surface area contributed by atoms with Crippen LogP contribution in [0.1, 0.15) is 6.92 Å². The van der Waals surface area contributed by atoms with Crippen LogP contribution in [0, 0.1) is 11.8 Å². The van der Waals surface area contributed by atoms with Crippen LogP contribution in [-0.2, 0) is 19.2 Å². The van der Waals surface area contributed by atoms with E-state index in [9.17, 15) is 13.0 Å². The second-order valence-electron chi connectivity index (χ2n) is 2.75. The fraction of sp³-hybridized carbons (Fsp3) is 0.714. The Morgan fingerprint density at radius 2 is 2.07 bits per heavy atom. The molecule has 0 fully saturated rings. The summed E-state index contributed by atoms with van der Waals surface area (Å²) in [4.78, 5) is 0. The lowest BCUT2D eigenvalue weighted by Crippen LogP contribution is -2.19. The largest absolute Gasteiger partial charge is 0.331 e. The number of rotatable bonds is 4. The highest BCUT2D eigenvalue weighted by atomic mass is 32.2. The quantitative estimate of drug-likeness (QED) is 0.447. The van der Waals surface area contributed by atoms with Gasteiger partial charge in [0.1, 0.15) is 5.66 Å². The van der Waals surface area contributed by atoms with E-state index in [-0.39, 0.29) is 0 Å². The zero-order chi connectivity index (χ0) is 11.4. The van der Waals surface area contributed by atoms with Gasteiger partial charge in [-0.1, -0.05) is 5.92 Å². The Kier molecular flexibility index (Phi) is 4.82. The van der Waals surface area contributed by atoms with Gasteiger partial charge in [0.2, 0.25) is 7.37 Å². The van der Waals surface area contributed by atoms with Crippen molar-refractivity contribution in [2.24, 2.45) is 0 Å². The molecule has 0 aliphatic heterocycles. The predicted molar refractivity (Wildman–Crippen MR) is 54.2 cm³/mol. The Balaban J connectivity index is 4.96. The fourth-order valence-corrected chi connectivity index (χ4v) is 3.54. The van der Waals surface area contributed by atoms with E-state index in [1.165, 1.54) is 20.7 Å². The fourth-order valence-electron chi connectivity index (χ4n) is 0.788. The molecular formula is C7H13O5PS. The van der Waals surface area contributed by atoms with Crippen molar-refractivity contribution in [1.82, 2.24) is 0 Å². The van der Waals surface area contributed by atoms with E-state index in [4.69, 9.17) is 4.55 Å². The molecule has 0 aliphatic carbocycles. The normalized spacial score (nSPS) is 17.7. The summed E-state index contributed by atoms with van der Waals surface area (Å²) in [5.41, 5.74) is -0.979. The summed E-state index contributed by atoms with van der Waals surface area (Å²) in [7, 11) is -6.09. The molecule has 2 atom stereocenters. The molecule has 0 radical (unpaired) electrons. The van der Waals surface area contributed by atoms with Crippen molar-refractivity contribution in [3.63, 3.8) is 0 Å². The first-order valence-corrected chi connectivity index (χ1v) is 7.48. The first kappa shape index (κ1) is 13.7. The minimum atomic E-state index is -4.19. The van der Waals surface area contributed by atoms with Gasteiger partial charge in [0.25, 0.3) is 10.1 Å². The maximum atomic E-state index is 11.7. The van der Waals surface area contributed by atoms with Gasteiger partial charge in [0.05, 0.1) is 5.75 Å². The van der Waals surface area contributed by atoms with E-state index in [0.29, 0.717) is 0 Å². The highest BCUT2D eigenvalue weighted by Gasteiger charge is 2.30. The van der Waals surface area contributed by atoms with Gasteiger partial charge >= 0.3 is 0 Å². The molecule has 7 heteroatoms. The van der Waals surface area contributed by atoms with Gasteiger partial charge in [-0.2, -0.15) is 8.42 Å². The van der Waals surface area contributed by atoms with E-state index >= 15 is 0 Å². The summed E-state index contributed by atoms with van der Waals surface area (Å²) in [6, 6.07) is 0. The Morgan fingerprint density at radius 3 is 2.36 bits per heavy atom. The van der Waals surface area contributed by atoms with Gasteiger partial charge in [-0.3, -0.25) is 9.12 Å². The molecule has 0 aromatic heterocycles. The first-order chi connectivity index (χ1) is 6.23. The third-order valence-corrected chi connectivity index (χ3v) is 4.78. The maximum absolute atomic E-state index is 11.7. The molecule has 0 amide bonds. The molecule has 0 aromatic rings. The molecular weight excluding hydrogens is 227 g/mol. The summed E-state index contributed by atoms with van der Waals surface area (Å²) in [6.45, 7) is 2.78. The van der Waals surface area contributed by atoms with Crippen LogP contribution >= 0.6 is 7.37 Å². The standard InChI is InChI=1S/C7H13O5PS/c1-4-5-7(6-14(9,10)11)13(3,8)12-2/h7H,6H2,1-3H3,(H,9,10,11). The van der Waals surface area contributed by atoms with Crippen molar-refractivity contribution in [2.75, 3.05) is 19.5 Å². The molecule has 0 saturated heterocycles. The topological polar surface area (TPSA) is 80.7 Å². The van der Waals surface area contributed by atoms with Crippen molar-refractivity contribution < 1.29 is 22.1 Å². The van der Waals surface area contributed by atoms with Crippen LogP contribution in [0.5, 0.6) is 0 Å². The second-order valence-corrected chi connectivity index (χ2v) is 7.05. The van der Waals surface area contributed by atoms with Crippen LogP contribution in [0.4, 0.5) is 0 Å². The maximum Gasteiger partial charge on any atom is 0.266 e. The number of hydrogen-bond acceptors (Lipinski definition) is 4. The molecule has 0 heterocycles. The van der Waals surface area contributed by atoms with Gasteiger partial charge < -0.3 is 4.52 Å². The van der Waals surface area contributed by atoms with Crippen LogP contribution in [0.2, 0.25) is 0 Å². The van der Waals surface area contributed by atoms with Crippen LogP contribution in [0.25, 0.3) is 0 Å². The lowest BCUT2D eigenvalue weighted by molar-refractivity contribution is 0.394. The Bertz CT molecular complexity index is 388. The minimum Gasteiger partial charge on any atom is -0.331 e. The average Bonchev–Trinajstić information content (AvgIpc) is 2.01. The molecule has 14 heavy (non-hydrogen) atoms. The van der Waals surface area contributed by atoms with Crippen LogP contribution in [-0.4, -0.2) is 38.2 Å². The van der Waals surface area contributed by atoms with Crippen molar-refractivity contribution in [1.29, 1.82) is 0 Å². The van der Waals surface area contributed by atoms with Crippen molar-refractivity contribution in [3.8, 4) is 11.8 Å². The minimum absolute atomic E-state index is 0.671. The second kappa shape index (κ2) is 4.94. The Hall–Kier alpha value is -0.340. The monoisotopic (exact) mass is 240 g/mol. The van der Waals surface area contributed by atoms with Crippen LogP contribution in [0.15, 0.2) is 0 Å². The Labute approximate surface area is 84.0 Å². The highest BCUT2D eigenvalue weighted by molar-refractivity contribution is 7.86. The summed E-state index contributed by atoms with van der Waals surface area (Å²) < 4.78 is 46.1. The summed E-state index contributed by atoms with van der Waals surface area (Å²) in [5, 5.41) is 0. The molecule has 82 valence electrons. The van der Waals surface area contributed by atoms with E-state index in [2.05, 4.69) is 16.4 Å². The molecule has 5 nitrogen and oxygen atoms in total. The van der Waals surface area contributed by atoms with Crippen LogP contribution < -0.4 is 0 Å². The lowest BCUT2D eigenvalue weighted by atomic mass is 10.5. The van der Waals surface area contributed by atoms with Gasteiger partial charge in [-0.05, 0) is 6.92 Å². The third-order valence-electron chi connectivity index (χ3n) is 1.61. The molecule has 0 aromatic carbocycles. The van der Waals surface area contributed by atoms with Gasteiger partial charge in [-0.25, -0.2) is 0 Å². The number of hydrogen-bond donors (Lipinski definition) is 1. The van der Waals surface area contributed by atoms with E-state index < -0.39 is 28.9 Å². The Morgan fingerprint density at radius 1 is 1.57 bits per heavy atom. The van der Waals surface area contributed by atoms with Crippen molar-refractivity contribution in [2.45, 2.75) is 12.6 Å². The van der Waals surface area contributed by atoms with Crippen molar-refractivity contribution in [3.05, 3.63) is 0 Å². The summed E-state index contributed by atoms with van der Waals surface area (Å²) in [6.07, 6.45) is 0. The van der Waals surface area contributed by atoms with E-state index in [1.807, 2.05) is 0 Å². The zero-order valence-corrected chi connectivity index (χ0v) is 9.93. The average molecular weight is 240 g/mol. The van der Waals surface area contributed by atoms with Gasteiger partial charge in [-0.15, -0.1) is 5.92 Å².